The summed E-state index contributed by atoms with van der Waals surface area (Å²) in [5, 5.41) is 0. The van der Waals surface area contributed by atoms with Crippen LogP contribution < -0.4 is 0 Å². The number of carbonyl (C=O) groups is 1. The van der Waals surface area contributed by atoms with Crippen LogP contribution in [0, 0.1) is 0 Å². The molecule has 0 amide bonds. The van der Waals surface area contributed by atoms with Crippen molar-refractivity contribution in [3.8, 4) is 0 Å². The highest BCUT2D eigenvalue weighted by Gasteiger charge is 2.07. The molecular weight excluding hydrogens is 124 g/mol. The Morgan fingerprint density at radius 1 is 1.70 bits per heavy atom. The standard InChI is InChI=1S/C9H12O/c1-2-5-8-6-3-4-7-9(8)10/h4-5,7H,2-3,6H2,1H3/b8-5-. The monoisotopic (exact) mass is 136 g/mol. The van der Waals surface area contributed by atoms with Gasteiger partial charge in [-0.15, -0.1) is 0 Å². The minimum Gasteiger partial charge on any atom is -0.290 e. The molecule has 1 aliphatic rings. The summed E-state index contributed by atoms with van der Waals surface area (Å²) in [5.41, 5.74) is 0.991. The molecule has 0 bridgehead atoms. The van der Waals surface area contributed by atoms with Gasteiger partial charge in [0.2, 0.25) is 0 Å². The van der Waals surface area contributed by atoms with Crippen LogP contribution in [0.15, 0.2) is 23.8 Å². The fourth-order valence-corrected chi connectivity index (χ4v) is 1.11. The molecule has 1 nitrogen and oxygen atoms in total. The molecular formula is C9H12O. The smallest absolute Gasteiger partial charge is 0.181 e. The van der Waals surface area contributed by atoms with E-state index in [9.17, 15) is 4.79 Å². The Labute approximate surface area is 61.4 Å². The van der Waals surface area contributed by atoms with E-state index in [-0.39, 0.29) is 5.78 Å². The van der Waals surface area contributed by atoms with E-state index < -0.39 is 0 Å². The Morgan fingerprint density at radius 2 is 2.50 bits per heavy atom. The van der Waals surface area contributed by atoms with Gasteiger partial charge in [-0.05, 0) is 30.9 Å². The highest BCUT2D eigenvalue weighted by molar-refractivity contribution is 6.04. The van der Waals surface area contributed by atoms with Crippen LogP contribution in [0.3, 0.4) is 0 Å². The van der Waals surface area contributed by atoms with Gasteiger partial charge in [0.15, 0.2) is 5.78 Å². The van der Waals surface area contributed by atoms with Gasteiger partial charge in [0.25, 0.3) is 0 Å². The quantitative estimate of drug-likeness (QED) is 0.505. The number of hydrogen-bond acceptors (Lipinski definition) is 1. The zero-order valence-corrected chi connectivity index (χ0v) is 6.26. The molecule has 0 saturated heterocycles. The molecule has 1 aliphatic carbocycles. The van der Waals surface area contributed by atoms with E-state index in [1.165, 1.54) is 0 Å². The van der Waals surface area contributed by atoms with Gasteiger partial charge in [0.1, 0.15) is 0 Å². The maximum atomic E-state index is 11.0. The Hall–Kier alpha value is -0.850. The molecule has 1 heteroatoms. The molecule has 0 N–H and O–H groups in total. The van der Waals surface area contributed by atoms with Crippen molar-refractivity contribution in [2.75, 3.05) is 0 Å². The summed E-state index contributed by atoms with van der Waals surface area (Å²) in [6.07, 6.45) is 8.56. The van der Waals surface area contributed by atoms with Gasteiger partial charge in [-0.3, -0.25) is 4.79 Å². The molecule has 0 heterocycles. The lowest BCUT2D eigenvalue weighted by Crippen LogP contribution is -2.02. The minimum atomic E-state index is 0.202. The number of allylic oxidation sites excluding steroid dienone is 4. The molecule has 0 aliphatic heterocycles. The van der Waals surface area contributed by atoms with E-state index in [1.807, 2.05) is 12.2 Å². The van der Waals surface area contributed by atoms with Crippen molar-refractivity contribution in [2.45, 2.75) is 26.2 Å². The van der Waals surface area contributed by atoms with Crippen LogP contribution in [-0.4, -0.2) is 5.78 Å². The SMILES string of the molecule is CC/C=C1/CCC=CC1=O. The predicted octanol–water partition coefficient (Wildman–Crippen LogP) is 2.24. The lowest BCUT2D eigenvalue weighted by molar-refractivity contribution is -0.111. The normalized spacial score (nSPS) is 22.1. The molecule has 0 aromatic heterocycles. The third-order valence-electron chi connectivity index (χ3n) is 1.62. The fraction of sp³-hybridized carbons (Fsp3) is 0.444. The van der Waals surface area contributed by atoms with E-state index in [2.05, 4.69) is 6.92 Å². The second kappa shape index (κ2) is 3.35. The van der Waals surface area contributed by atoms with Crippen molar-refractivity contribution < 1.29 is 4.79 Å². The van der Waals surface area contributed by atoms with Crippen LogP contribution in [-0.2, 0) is 4.79 Å². The summed E-state index contributed by atoms with van der Waals surface area (Å²) in [6, 6.07) is 0. The van der Waals surface area contributed by atoms with Crippen molar-refractivity contribution in [1.29, 1.82) is 0 Å². The van der Waals surface area contributed by atoms with Gasteiger partial charge in [-0.1, -0.05) is 19.1 Å². The third kappa shape index (κ3) is 1.56. The maximum absolute atomic E-state index is 11.0. The van der Waals surface area contributed by atoms with Gasteiger partial charge in [-0.25, -0.2) is 0 Å². The summed E-state index contributed by atoms with van der Waals surface area (Å²) in [4.78, 5) is 11.0. The van der Waals surface area contributed by atoms with Crippen molar-refractivity contribution >= 4 is 5.78 Å². The molecule has 1 rings (SSSR count). The van der Waals surface area contributed by atoms with Crippen molar-refractivity contribution in [3.05, 3.63) is 23.8 Å². The summed E-state index contributed by atoms with van der Waals surface area (Å²) in [6.45, 7) is 2.05. The van der Waals surface area contributed by atoms with Crippen molar-refractivity contribution in [3.63, 3.8) is 0 Å². The van der Waals surface area contributed by atoms with Gasteiger partial charge in [0, 0.05) is 0 Å². The van der Waals surface area contributed by atoms with Gasteiger partial charge >= 0.3 is 0 Å². The first kappa shape index (κ1) is 7.26. The molecule has 0 aromatic rings. The highest BCUT2D eigenvalue weighted by Crippen LogP contribution is 2.13. The Bertz CT molecular complexity index is 187. The zero-order chi connectivity index (χ0) is 7.40. The second-order valence-corrected chi connectivity index (χ2v) is 2.44. The molecule has 0 unspecified atom stereocenters. The minimum absolute atomic E-state index is 0.202. The predicted molar refractivity (Wildman–Crippen MR) is 41.8 cm³/mol. The lowest BCUT2D eigenvalue weighted by Gasteiger charge is -2.05. The third-order valence-corrected chi connectivity index (χ3v) is 1.62. The van der Waals surface area contributed by atoms with E-state index in [4.69, 9.17) is 0 Å². The average molecular weight is 136 g/mol. The van der Waals surface area contributed by atoms with Crippen LogP contribution >= 0.6 is 0 Å². The van der Waals surface area contributed by atoms with Crippen LogP contribution in [0.5, 0.6) is 0 Å². The molecule has 0 aromatic carbocycles. The number of ketones is 1. The summed E-state index contributed by atoms with van der Waals surface area (Å²) in [7, 11) is 0. The van der Waals surface area contributed by atoms with E-state index in [0.29, 0.717) is 0 Å². The van der Waals surface area contributed by atoms with Crippen LogP contribution in [0.25, 0.3) is 0 Å². The molecule has 0 fully saturated rings. The van der Waals surface area contributed by atoms with E-state index in [0.717, 1.165) is 24.8 Å². The summed E-state index contributed by atoms with van der Waals surface area (Å²) in [5.74, 6) is 0.202. The Morgan fingerprint density at radius 3 is 3.10 bits per heavy atom. The molecule has 0 radical (unpaired) electrons. The topological polar surface area (TPSA) is 17.1 Å². The number of carbonyl (C=O) groups excluding carboxylic acids is 1. The Kier molecular flexibility index (Phi) is 2.43. The van der Waals surface area contributed by atoms with Crippen LogP contribution in [0.1, 0.15) is 26.2 Å². The number of hydrogen-bond donors (Lipinski definition) is 0. The fourth-order valence-electron chi connectivity index (χ4n) is 1.11. The number of rotatable bonds is 1. The first-order chi connectivity index (χ1) is 4.84. The zero-order valence-electron chi connectivity index (χ0n) is 6.26. The lowest BCUT2D eigenvalue weighted by atomic mass is 9.99. The van der Waals surface area contributed by atoms with Gasteiger partial charge < -0.3 is 0 Å². The molecule has 54 valence electrons. The van der Waals surface area contributed by atoms with Crippen molar-refractivity contribution in [1.82, 2.24) is 0 Å². The first-order valence-electron chi connectivity index (χ1n) is 3.74. The molecule has 0 saturated carbocycles. The van der Waals surface area contributed by atoms with Gasteiger partial charge in [-0.2, -0.15) is 0 Å². The average Bonchev–Trinajstić information content (AvgIpc) is 1.94. The molecule has 10 heavy (non-hydrogen) atoms. The molecule has 0 spiro atoms. The largest absolute Gasteiger partial charge is 0.290 e. The van der Waals surface area contributed by atoms with E-state index in [1.54, 1.807) is 6.08 Å². The summed E-state index contributed by atoms with van der Waals surface area (Å²) < 4.78 is 0. The first-order valence-corrected chi connectivity index (χ1v) is 3.74. The second-order valence-electron chi connectivity index (χ2n) is 2.44. The molecule has 0 atom stereocenters. The van der Waals surface area contributed by atoms with Crippen molar-refractivity contribution in [2.24, 2.45) is 0 Å². The highest BCUT2D eigenvalue weighted by atomic mass is 16.1. The summed E-state index contributed by atoms with van der Waals surface area (Å²) >= 11 is 0. The van der Waals surface area contributed by atoms with Gasteiger partial charge in [0.05, 0.1) is 0 Å². The Balaban J connectivity index is 2.70. The van der Waals surface area contributed by atoms with Crippen LogP contribution in [0.4, 0.5) is 0 Å². The maximum Gasteiger partial charge on any atom is 0.181 e. The van der Waals surface area contributed by atoms with E-state index >= 15 is 0 Å². The van der Waals surface area contributed by atoms with Crippen LogP contribution in [0.2, 0.25) is 0 Å².